The zero-order chi connectivity index (χ0) is 18.8. The van der Waals surface area contributed by atoms with Gasteiger partial charge in [0.25, 0.3) is 0 Å². The minimum absolute atomic E-state index is 0.210. The molecule has 0 spiro atoms. The molecule has 11 heteroatoms. The van der Waals surface area contributed by atoms with E-state index in [1.165, 1.54) is 6.07 Å². The molecule has 1 aromatic heterocycles. The standard InChI is InChI=1S/C15H26ClN5O3S2/c1-2-17-15(19-7-8-21-9-11-24-12-10-21)18-5-6-20-26(22,23)14-4-3-13(16)25-14/h3-4,20H,2,5-12H2,1H3,(H2,17,18,19). The Labute approximate surface area is 164 Å². The Kier molecular flexibility index (Phi) is 9.09. The first-order valence-corrected chi connectivity index (χ1v) is 11.3. The number of ether oxygens (including phenoxy) is 1. The number of guanidine groups is 1. The molecule has 0 unspecified atom stereocenters. The quantitative estimate of drug-likeness (QED) is 0.305. The Balaban J connectivity index is 1.73. The zero-order valence-corrected chi connectivity index (χ0v) is 17.2. The molecule has 1 aliphatic heterocycles. The van der Waals surface area contributed by atoms with Gasteiger partial charge in [0.15, 0.2) is 5.96 Å². The summed E-state index contributed by atoms with van der Waals surface area (Å²) in [5.41, 5.74) is 0. The smallest absolute Gasteiger partial charge is 0.250 e. The predicted molar refractivity (Wildman–Crippen MR) is 106 cm³/mol. The first-order chi connectivity index (χ1) is 12.5. The van der Waals surface area contributed by atoms with Crippen molar-refractivity contribution in [2.75, 3.05) is 59.0 Å². The molecule has 3 N–H and O–H groups in total. The zero-order valence-electron chi connectivity index (χ0n) is 14.8. The van der Waals surface area contributed by atoms with Crippen LogP contribution in [0.2, 0.25) is 4.34 Å². The summed E-state index contributed by atoms with van der Waals surface area (Å²) in [6.45, 7) is 8.43. The van der Waals surface area contributed by atoms with Gasteiger partial charge in [-0.25, -0.2) is 13.1 Å². The van der Waals surface area contributed by atoms with Gasteiger partial charge >= 0.3 is 0 Å². The fraction of sp³-hybridized carbons (Fsp3) is 0.667. The molecule has 148 valence electrons. The van der Waals surface area contributed by atoms with Crippen LogP contribution in [-0.4, -0.2) is 78.3 Å². The van der Waals surface area contributed by atoms with Gasteiger partial charge in [0.2, 0.25) is 10.0 Å². The van der Waals surface area contributed by atoms with E-state index in [9.17, 15) is 8.42 Å². The van der Waals surface area contributed by atoms with Crippen LogP contribution in [0, 0.1) is 0 Å². The van der Waals surface area contributed by atoms with Crippen LogP contribution in [0.3, 0.4) is 0 Å². The Morgan fingerprint density at radius 1 is 1.31 bits per heavy atom. The average molecular weight is 424 g/mol. The van der Waals surface area contributed by atoms with Gasteiger partial charge in [-0.1, -0.05) is 11.6 Å². The summed E-state index contributed by atoms with van der Waals surface area (Å²) in [6.07, 6.45) is 0. The number of halogens is 1. The van der Waals surface area contributed by atoms with Crippen LogP contribution in [0.15, 0.2) is 21.3 Å². The fourth-order valence-corrected chi connectivity index (χ4v) is 4.91. The van der Waals surface area contributed by atoms with Crippen molar-refractivity contribution in [2.24, 2.45) is 4.99 Å². The third-order valence-corrected chi connectivity index (χ3v) is 6.84. The van der Waals surface area contributed by atoms with E-state index < -0.39 is 10.0 Å². The van der Waals surface area contributed by atoms with E-state index in [1.54, 1.807) is 6.07 Å². The molecule has 0 amide bonds. The Morgan fingerprint density at radius 2 is 2.08 bits per heavy atom. The highest BCUT2D eigenvalue weighted by Crippen LogP contribution is 2.25. The summed E-state index contributed by atoms with van der Waals surface area (Å²) < 4.78 is 32.7. The molecule has 0 bridgehead atoms. The lowest BCUT2D eigenvalue weighted by Gasteiger charge is -2.26. The summed E-state index contributed by atoms with van der Waals surface area (Å²) in [7, 11) is -3.53. The third kappa shape index (κ3) is 7.37. The van der Waals surface area contributed by atoms with Crippen molar-refractivity contribution >= 4 is 38.9 Å². The van der Waals surface area contributed by atoms with Crippen LogP contribution in [0.4, 0.5) is 0 Å². The van der Waals surface area contributed by atoms with Crippen molar-refractivity contribution in [3.05, 3.63) is 16.5 Å². The number of hydrogen-bond acceptors (Lipinski definition) is 6. The Bertz CT molecular complexity index is 675. The molecule has 1 aliphatic rings. The minimum Gasteiger partial charge on any atom is -0.379 e. The number of hydrogen-bond donors (Lipinski definition) is 3. The summed E-state index contributed by atoms with van der Waals surface area (Å²) in [5, 5.41) is 6.42. The Morgan fingerprint density at radius 3 is 2.73 bits per heavy atom. The van der Waals surface area contributed by atoms with Gasteiger partial charge in [-0.2, -0.15) is 0 Å². The molecule has 0 atom stereocenters. The van der Waals surface area contributed by atoms with E-state index in [0.717, 1.165) is 57.3 Å². The van der Waals surface area contributed by atoms with Gasteiger partial charge in [-0.15, -0.1) is 11.3 Å². The highest BCUT2D eigenvalue weighted by atomic mass is 35.5. The van der Waals surface area contributed by atoms with E-state index in [4.69, 9.17) is 16.3 Å². The van der Waals surface area contributed by atoms with Crippen LogP contribution in [0.5, 0.6) is 0 Å². The number of nitrogens with one attached hydrogen (secondary N) is 3. The number of nitrogens with zero attached hydrogens (tertiary/aromatic N) is 2. The van der Waals surface area contributed by atoms with Crippen molar-refractivity contribution in [2.45, 2.75) is 11.1 Å². The summed E-state index contributed by atoms with van der Waals surface area (Å²) in [6, 6.07) is 3.07. The van der Waals surface area contributed by atoms with Gasteiger partial charge in [-0.3, -0.25) is 9.89 Å². The molecule has 1 saturated heterocycles. The largest absolute Gasteiger partial charge is 0.379 e. The topological polar surface area (TPSA) is 95.1 Å². The minimum atomic E-state index is -3.53. The third-order valence-electron chi connectivity index (χ3n) is 3.66. The van der Waals surface area contributed by atoms with Gasteiger partial charge < -0.3 is 15.4 Å². The van der Waals surface area contributed by atoms with Crippen LogP contribution < -0.4 is 15.4 Å². The van der Waals surface area contributed by atoms with E-state index in [-0.39, 0.29) is 10.8 Å². The van der Waals surface area contributed by atoms with Gasteiger partial charge in [0.1, 0.15) is 4.21 Å². The maximum absolute atomic E-state index is 12.1. The van der Waals surface area contributed by atoms with Crippen molar-refractivity contribution in [1.82, 2.24) is 20.3 Å². The molecule has 2 rings (SSSR count). The second kappa shape index (κ2) is 11.1. The molecule has 8 nitrogen and oxygen atoms in total. The van der Waals surface area contributed by atoms with Crippen molar-refractivity contribution < 1.29 is 13.2 Å². The second-order valence-corrected chi connectivity index (χ2v) is 9.31. The van der Waals surface area contributed by atoms with Gasteiger partial charge in [0.05, 0.1) is 24.1 Å². The molecule has 0 aliphatic carbocycles. The van der Waals surface area contributed by atoms with Crippen molar-refractivity contribution in [3.63, 3.8) is 0 Å². The molecule has 1 fully saturated rings. The number of thiophene rings is 1. The van der Waals surface area contributed by atoms with Crippen molar-refractivity contribution in [1.29, 1.82) is 0 Å². The van der Waals surface area contributed by atoms with E-state index in [2.05, 4.69) is 25.2 Å². The van der Waals surface area contributed by atoms with E-state index in [1.807, 2.05) is 6.92 Å². The highest BCUT2D eigenvalue weighted by Gasteiger charge is 2.15. The molecule has 1 aromatic rings. The maximum Gasteiger partial charge on any atom is 0.250 e. The number of aliphatic imine (C=N–C) groups is 1. The van der Waals surface area contributed by atoms with E-state index in [0.29, 0.717) is 16.8 Å². The number of morpholine rings is 1. The molecular formula is C15H26ClN5O3S2. The number of sulfonamides is 1. The molecule has 2 heterocycles. The molecule has 26 heavy (non-hydrogen) atoms. The lowest BCUT2D eigenvalue weighted by atomic mass is 10.4. The van der Waals surface area contributed by atoms with Crippen LogP contribution in [0.25, 0.3) is 0 Å². The lowest BCUT2D eigenvalue weighted by molar-refractivity contribution is 0.0389. The summed E-state index contributed by atoms with van der Waals surface area (Å²) in [4.78, 5) is 6.73. The second-order valence-electron chi connectivity index (χ2n) is 5.60. The molecular weight excluding hydrogens is 398 g/mol. The Hall–Kier alpha value is -0.910. The summed E-state index contributed by atoms with van der Waals surface area (Å²) in [5.74, 6) is 0.680. The monoisotopic (exact) mass is 423 g/mol. The highest BCUT2D eigenvalue weighted by molar-refractivity contribution is 7.91. The van der Waals surface area contributed by atoms with Crippen molar-refractivity contribution in [3.8, 4) is 0 Å². The normalized spacial score (nSPS) is 16.6. The van der Waals surface area contributed by atoms with Gasteiger partial charge in [-0.05, 0) is 19.1 Å². The molecule has 0 radical (unpaired) electrons. The van der Waals surface area contributed by atoms with Crippen LogP contribution >= 0.6 is 22.9 Å². The predicted octanol–water partition coefficient (Wildman–Crippen LogP) is 0.567. The lowest BCUT2D eigenvalue weighted by Crippen LogP contribution is -2.44. The van der Waals surface area contributed by atoms with Crippen LogP contribution in [-0.2, 0) is 14.8 Å². The average Bonchev–Trinajstić information content (AvgIpc) is 3.07. The first kappa shape index (κ1) is 21.4. The van der Waals surface area contributed by atoms with Gasteiger partial charge in [0, 0.05) is 39.3 Å². The molecule has 0 saturated carbocycles. The first-order valence-electron chi connectivity index (χ1n) is 8.58. The summed E-state index contributed by atoms with van der Waals surface area (Å²) >= 11 is 6.82. The SMILES string of the molecule is CCNC(=NCCNS(=O)(=O)c1ccc(Cl)s1)NCCN1CCOCC1. The fourth-order valence-electron chi connectivity index (χ4n) is 2.36. The van der Waals surface area contributed by atoms with Crippen LogP contribution in [0.1, 0.15) is 6.92 Å². The maximum atomic E-state index is 12.1. The number of rotatable bonds is 9. The van der Waals surface area contributed by atoms with E-state index >= 15 is 0 Å². The molecule has 0 aromatic carbocycles.